The van der Waals surface area contributed by atoms with Crippen LogP contribution in [0.3, 0.4) is 0 Å². The number of hydrogen-bond acceptors (Lipinski definition) is 6. The van der Waals surface area contributed by atoms with Gasteiger partial charge in [-0.1, -0.05) is 0 Å². The van der Waals surface area contributed by atoms with Crippen LogP contribution in [0.1, 0.15) is 46.5 Å². The van der Waals surface area contributed by atoms with Crippen molar-refractivity contribution in [3.05, 3.63) is 0 Å². The van der Waals surface area contributed by atoms with Crippen molar-refractivity contribution in [1.82, 2.24) is 10.6 Å². The van der Waals surface area contributed by atoms with Crippen molar-refractivity contribution in [1.29, 1.82) is 0 Å². The van der Waals surface area contributed by atoms with Gasteiger partial charge in [-0.2, -0.15) is 0 Å². The molecule has 0 saturated carbocycles. The predicted molar refractivity (Wildman–Crippen MR) is 80.2 cm³/mol. The maximum atomic E-state index is 12.0. The van der Waals surface area contributed by atoms with Crippen LogP contribution in [-0.2, 0) is 28.7 Å². The molecule has 8 heteroatoms. The first-order valence-electron chi connectivity index (χ1n) is 7.52. The molecule has 2 atom stereocenters. The molecule has 1 rings (SSSR count). The van der Waals surface area contributed by atoms with Crippen LogP contribution in [0.5, 0.6) is 0 Å². The second kappa shape index (κ2) is 7.94. The van der Waals surface area contributed by atoms with Crippen molar-refractivity contribution in [2.45, 2.75) is 64.1 Å². The molecule has 0 aromatic carbocycles. The highest BCUT2D eigenvalue weighted by molar-refractivity contribution is 5.93. The first-order chi connectivity index (χ1) is 10.6. The van der Waals surface area contributed by atoms with Gasteiger partial charge in [0.1, 0.15) is 17.7 Å². The largest absolute Gasteiger partial charge is 0.467 e. The van der Waals surface area contributed by atoms with Crippen molar-refractivity contribution in [3.8, 4) is 0 Å². The standard InChI is InChI=1S/C15H24N2O6/c1-15(2,3)23-12(19)8-6-10(14(21)22-4)17-13(20)9-5-7-11(18)16-9/h9-10H,5-8H2,1-4H3,(H,16,18)(H,17,20)/t9-,10-/m1/s1. The Kier molecular flexibility index (Phi) is 6.53. The van der Waals surface area contributed by atoms with Gasteiger partial charge < -0.3 is 20.1 Å². The third-order valence-electron chi connectivity index (χ3n) is 3.17. The van der Waals surface area contributed by atoms with Gasteiger partial charge in [-0.15, -0.1) is 0 Å². The van der Waals surface area contributed by atoms with E-state index in [1.165, 1.54) is 7.11 Å². The fraction of sp³-hybridized carbons (Fsp3) is 0.733. The molecule has 2 amide bonds. The molecule has 0 unspecified atom stereocenters. The van der Waals surface area contributed by atoms with E-state index in [0.717, 1.165) is 0 Å². The van der Waals surface area contributed by atoms with E-state index in [0.29, 0.717) is 6.42 Å². The van der Waals surface area contributed by atoms with Crippen molar-refractivity contribution < 1.29 is 28.7 Å². The lowest BCUT2D eigenvalue weighted by Gasteiger charge is -2.21. The lowest BCUT2D eigenvalue weighted by atomic mass is 10.1. The molecular formula is C15H24N2O6. The fourth-order valence-electron chi connectivity index (χ4n) is 2.13. The molecule has 0 aromatic rings. The van der Waals surface area contributed by atoms with Crippen LogP contribution in [0.2, 0.25) is 0 Å². The Labute approximate surface area is 135 Å². The summed E-state index contributed by atoms with van der Waals surface area (Å²) in [5, 5.41) is 5.03. The highest BCUT2D eigenvalue weighted by Crippen LogP contribution is 2.11. The summed E-state index contributed by atoms with van der Waals surface area (Å²) in [5.74, 6) is -1.77. The zero-order valence-electron chi connectivity index (χ0n) is 13.9. The number of nitrogens with one attached hydrogen (secondary N) is 2. The predicted octanol–water partition coefficient (Wildman–Crippen LogP) is 0.0447. The average Bonchev–Trinajstić information content (AvgIpc) is 2.87. The summed E-state index contributed by atoms with van der Waals surface area (Å²) >= 11 is 0. The van der Waals surface area contributed by atoms with Crippen LogP contribution >= 0.6 is 0 Å². The molecule has 1 aliphatic rings. The third-order valence-corrected chi connectivity index (χ3v) is 3.17. The molecule has 0 aromatic heterocycles. The first-order valence-corrected chi connectivity index (χ1v) is 7.52. The molecule has 8 nitrogen and oxygen atoms in total. The number of rotatable bonds is 6. The Hall–Kier alpha value is -2.12. The van der Waals surface area contributed by atoms with E-state index in [2.05, 4.69) is 15.4 Å². The van der Waals surface area contributed by atoms with E-state index in [1.807, 2.05) is 0 Å². The molecule has 1 heterocycles. The Morgan fingerprint density at radius 1 is 1.35 bits per heavy atom. The van der Waals surface area contributed by atoms with Gasteiger partial charge in [-0.05, 0) is 33.6 Å². The van der Waals surface area contributed by atoms with Gasteiger partial charge in [0.25, 0.3) is 0 Å². The number of methoxy groups -OCH3 is 1. The maximum Gasteiger partial charge on any atom is 0.328 e. The van der Waals surface area contributed by atoms with Gasteiger partial charge in [0.2, 0.25) is 11.8 Å². The van der Waals surface area contributed by atoms with Crippen LogP contribution < -0.4 is 10.6 Å². The fourth-order valence-corrected chi connectivity index (χ4v) is 2.13. The van der Waals surface area contributed by atoms with Gasteiger partial charge in [0, 0.05) is 12.8 Å². The second-order valence-electron chi connectivity index (χ2n) is 6.37. The topological polar surface area (TPSA) is 111 Å². The van der Waals surface area contributed by atoms with E-state index in [9.17, 15) is 19.2 Å². The Balaban J connectivity index is 2.56. The summed E-state index contributed by atoms with van der Waals surface area (Å²) in [7, 11) is 1.20. The lowest BCUT2D eigenvalue weighted by Crippen LogP contribution is -2.49. The summed E-state index contributed by atoms with van der Waals surface area (Å²) in [4.78, 5) is 46.6. The van der Waals surface area contributed by atoms with Crippen LogP contribution in [0.25, 0.3) is 0 Å². The summed E-state index contributed by atoms with van der Waals surface area (Å²) in [6, 6.07) is -1.62. The molecule has 23 heavy (non-hydrogen) atoms. The van der Waals surface area contributed by atoms with Crippen LogP contribution in [0, 0.1) is 0 Å². The molecular weight excluding hydrogens is 304 g/mol. The molecule has 1 aliphatic heterocycles. The highest BCUT2D eigenvalue weighted by atomic mass is 16.6. The molecule has 0 radical (unpaired) electrons. The molecule has 0 spiro atoms. The minimum absolute atomic E-state index is 0.0334. The Morgan fingerprint density at radius 3 is 2.48 bits per heavy atom. The summed E-state index contributed by atoms with van der Waals surface area (Å²) in [6.45, 7) is 5.23. The number of carbonyl (C=O) groups excluding carboxylic acids is 4. The SMILES string of the molecule is COC(=O)[C@@H](CCC(=O)OC(C)(C)C)NC(=O)[C@H]1CCC(=O)N1. The van der Waals surface area contributed by atoms with Gasteiger partial charge in [0.05, 0.1) is 7.11 Å². The van der Waals surface area contributed by atoms with Crippen molar-refractivity contribution >= 4 is 23.8 Å². The summed E-state index contributed by atoms with van der Waals surface area (Å²) < 4.78 is 9.80. The molecule has 0 bridgehead atoms. The number of esters is 2. The van der Waals surface area contributed by atoms with Crippen LogP contribution in [0.15, 0.2) is 0 Å². The summed E-state index contributed by atoms with van der Waals surface area (Å²) in [5.41, 5.74) is -0.616. The normalized spacial score (nSPS) is 18.8. The first kappa shape index (κ1) is 18.9. The molecule has 130 valence electrons. The van der Waals surface area contributed by atoms with Crippen LogP contribution in [-0.4, -0.2) is 48.5 Å². The third kappa shape index (κ3) is 6.66. The van der Waals surface area contributed by atoms with Crippen molar-refractivity contribution in [2.75, 3.05) is 7.11 Å². The minimum Gasteiger partial charge on any atom is -0.467 e. The highest BCUT2D eigenvalue weighted by Gasteiger charge is 2.31. The van der Waals surface area contributed by atoms with Gasteiger partial charge in [-0.25, -0.2) is 4.79 Å². The number of amides is 2. The quantitative estimate of drug-likeness (QED) is 0.666. The van der Waals surface area contributed by atoms with E-state index in [1.54, 1.807) is 20.8 Å². The van der Waals surface area contributed by atoms with Gasteiger partial charge in [-0.3, -0.25) is 14.4 Å². The van der Waals surface area contributed by atoms with E-state index in [4.69, 9.17) is 4.74 Å². The average molecular weight is 328 g/mol. The van der Waals surface area contributed by atoms with E-state index < -0.39 is 35.5 Å². The minimum atomic E-state index is -0.961. The Morgan fingerprint density at radius 2 is 2.00 bits per heavy atom. The zero-order chi connectivity index (χ0) is 17.6. The number of hydrogen-bond donors (Lipinski definition) is 2. The monoisotopic (exact) mass is 328 g/mol. The maximum absolute atomic E-state index is 12.0. The van der Waals surface area contributed by atoms with Crippen molar-refractivity contribution in [3.63, 3.8) is 0 Å². The molecule has 1 saturated heterocycles. The van der Waals surface area contributed by atoms with E-state index in [-0.39, 0.29) is 25.2 Å². The summed E-state index contributed by atoms with van der Waals surface area (Å²) in [6.07, 6.45) is 0.686. The van der Waals surface area contributed by atoms with Crippen LogP contribution in [0.4, 0.5) is 0 Å². The van der Waals surface area contributed by atoms with Gasteiger partial charge >= 0.3 is 11.9 Å². The molecule has 0 aliphatic carbocycles. The van der Waals surface area contributed by atoms with Gasteiger partial charge in [0.15, 0.2) is 0 Å². The number of carbonyl (C=O) groups is 4. The van der Waals surface area contributed by atoms with E-state index >= 15 is 0 Å². The Bertz CT molecular complexity index is 483. The van der Waals surface area contributed by atoms with Crippen molar-refractivity contribution in [2.24, 2.45) is 0 Å². The zero-order valence-corrected chi connectivity index (χ0v) is 13.9. The number of ether oxygens (including phenoxy) is 2. The second-order valence-corrected chi connectivity index (χ2v) is 6.37. The molecule has 1 fully saturated rings. The lowest BCUT2D eigenvalue weighted by molar-refractivity contribution is -0.155. The molecule has 2 N–H and O–H groups in total. The smallest absolute Gasteiger partial charge is 0.328 e.